The van der Waals surface area contributed by atoms with Crippen LogP contribution in [0.3, 0.4) is 0 Å². The van der Waals surface area contributed by atoms with E-state index in [1.54, 1.807) is 0 Å². The molecule has 1 unspecified atom stereocenters. The smallest absolute Gasteiger partial charge is 0.107 e. The van der Waals surface area contributed by atoms with Crippen LogP contribution in [0.5, 0.6) is 0 Å². The van der Waals surface area contributed by atoms with Crippen molar-refractivity contribution in [3.05, 3.63) is 35.3 Å². The highest BCUT2D eigenvalue weighted by Crippen LogP contribution is 2.29. The highest BCUT2D eigenvalue weighted by Gasteiger charge is 2.18. The zero-order chi connectivity index (χ0) is 11.4. The van der Waals surface area contributed by atoms with Gasteiger partial charge < -0.3 is 9.52 Å². The van der Waals surface area contributed by atoms with Crippen molar-refractivity contribution in [2.45, 2.75) is 46.1 Å². The molecule has 0 amide bonds. The minimum absolute atomic E-state index is 0.401. The molecule has 1 heterocycles. The normalized spacial score (nSPS) is 12.8. The van der Waals surface area contributed by atoms with Crippen LogP contribution in [0.25, 0.3) is 0 Å². The minimum Gasteiger partial charge on any atom is -0.466 e. The van der Waals surface area contributed by atoms with Gasteiger partial charge in [-0.3, -0.25) is 0 Å². The van der Waals surface area contributed by atoms with Gasteiger partial charge in [-0.1, -0.05) is 6.08 Å². The van der Waals surface area contributed by atoms with Gasteiger partial charge in [0.15, 0.2) is 0 Å². The highest BCUT2D eigenvalue weighted by atomic mass is 16.3. The summed E-state index contributed by atoms with van der Waals surface area (Å²) in [5, 5.41) is 10.0. The van der Waals surface area contributed by atoms with Gasteiger partial charge in [-0.2, -0.15) is 0 Å². The fourth-order valence-corrected chi connectivity index (χ4v) is 1.90. The fourth-order valence-electron chi connectivity index (χ4n) is 1.90. The van der Waals surface area contributed by atoms with E-state index in [-0.39, 0.29) is 0 Å². The zero-order valence-corrected chi connectivity index (χ0v) is 9.84. The molecule has 1 rings (SSSR count). The number of hydrogen-bond acceptors (Lipinski definition) is 2. The van der Waals surface area contributed by atoms with Crippen molar-refractivity contribution in [1.29, 1.82) is 0 Å². The molecular weight excluding hydrogens is 188 g/mol. The Kier molecular flexibility index (Phi) is 4.15. The summed E-state index contributed by atoms with van der Waals surface area (Å²) in [5.41, 5.74) is 2.05. The predicted octanol–water partition coefficient (Wildman–Crippen LogP) is 3.59. The number of allylic oxidation sites excluding steroid dienone is 1. The SMILES string of the molecule is C=CCCCC(O)c1c(C)oc(C)c1C. The van der Waals surface area contributed by atoms with E-state index in [1.165, 1.54) is 0 Å². The first-order chi connectivity index (χ1) is 7.07. The second-order valence-corrected chi connectivity index (χ2v) is 3.99. The fraction of sp³-hybridized carbons (Fsp3) is 0.538. The van der Waals surface area contributed by atoms with E-state index in [4.69, 9.17) is 4.42 Å². The van der Waals surface area contributed by atoms with Crippen molar-refractivity contribution in [3.63, 3.8) is 0 Å². The molecule has 0 aliphatic carbocycles. The van der Waals surface area contributed by atoms with Gasteiger partial charge in [0.2, 0.25) is 0 Å². The van der Waals surface area contributed by atoms with Gasteiger partial charge in [0, 0.05) is 5.56 Å². The Hall–Kier alpha value is -1.02. The molecule has 84 valence electrons. The summed E-state index contributed by atoms with van der Waals surface area (Å²) in [7, 11) is 0. The maximum atomic E-state index is 10.0. The monoisotopic (exact) mass is 208 g/mol. The summed E-state index contributed by atoms with van der Waals surface area (Å²) in [6.07, 6.45) is 4.17. The lowest BCUT2D eigenvalue weighted by molar-refractivity contribution is 0.162. The third-order valence-corrected chi connectivity index (χ3v) is 2.84. The number of unbranched alkanes of at least 4 members (excludes halogenated alkanes) is 1. The lowest BCUT2D eigenvalue weighted by Gasteiger charge is -2.10. The summed E-state index contributed by atoms with van der Waals surface area (Å²) in [6, 6.07) is 0. The van der Waals surface area contributed by atoms with Gasteiger partial charge >= 0.3 is 0 Å². The topological polar surface area (TPSA) is 33.4 Å². The maximum Gasteiger partial charge on any atom is 0.107 e. The molecule has 1 aromatic rings. The van der Waals surface area contributed by atoms with E-state index in [2.05, 4.69) is 6.58 Å². The van der Waals surface area contributed by atoms with Crippen LogP contribution in [0.2, 0.25) is 0 Å². The second kappa shape index (κ2) is 5.17. The van der Waals surface area contributed by atoms with Crippen molar-refractivity contribution in [3.8, 4) is 0 Å². The lowest BCUT2D eigenvalue weighted by Crippen LogP contribution is -1.99. The lowest BCUT2D eigenvalue weighted by atomic mass is 10.00. The third kappa shape index (κ3) is 2.72. The van der Waals surface area contributed by atoms with Crippen LogP contribution in [0.15, 0.2) is 17.1 Å². The molecule has 1 aromatic heterocycles. The molecule has 0 fully saturated rings. The van der Waals surface area contributed by atoms with E-state index >= 15 is 0 Å². The van der Waals surface area contributed by atoms with Crippen LogP contribution in [0.1, 0.15) is 48.0 Å². The molecule has 0 aliphatic heterocycles. The Morgan fingerprint density at radius 1 is 1.33 bits per heavy atom. The highest BCUT2D eigenvalue weighted by molar-refractivity contribution is 5.33. The van der Waals surface area contributed by atoms with Gasteiger partial charge in [0.05, 0.1) is 6.10 Å². The average Bonchev–Trinajstić information content (AvgIpc) is 2.41. The molecule has 0 radical (unpaired) electrons. The second-order valence-electron chi connectivity index (χ2n) is 3.99. The first-order valence-electron chi connectivity index (χ1n) is 5.43. The number of aliphatic hydroxyl groups is 1. The molecule has 1 atom stereocenters. The van der Waals surface area contributed by atoms with Gasteiger partial charge in [-0.25, -0.2) is 0 Å². The van der Waals surface area contributed by atoms with Crippen LogP contribution >= 0.6 is 0 Å². The van der Waals surface area contributed by atoms with Crippen LogP contribution in [-0.4, -0.2) is 5.11 Å². The number of rotatable bonds is 5. The van der Waals surface area contributed by atoms with E-state index in [1.807, 2.05) is 26.8 Å². The van der Waals surface area contributed by atoms with E-state index in [9.17, 15) is 5.11 Å². The summed E-state index contributed by atoms with van der Waals surface area (Å²) in [5.74, 6) is 1.75. The number of hydrogen-bond donors (Lipinski definition) is 1. The van der Waals surface area contributed by atoms with Crippen LogP contribution in [0, 0.1) is 20.8 Å². The van der Waals surface area contributed by atoms with Gasteiger partial charge in [0.1, 0.15) is 11.5 Å². The molecule has 15 heavy (non-hydrogen) atoms. The largest absolute Gasteiger partial charge is 0.466 e. The van der Waals surface area contributed by atoms with Gasteiger partial charge in [-0.15, -0.1) is 6.58 Å². The molecule has 0 aliphatic rings. The molecule has 2 heteroatoms. The first kappa shape index (κ1) is 12.1. The van der Waals surface area contributed by atoms with E-state index in [0.717, 1.165) is 41.9 Å². The van der Waals surface area contributed by atoms with Crippen LogP contribution in [0.4, 0.5) is 0 Å². The number of aryl methyl sites for hydroxylation is 2. The number of aliphatic hydroxyl groups excluding tert-OH is 1. The van der Waals surface area contributed by atoms with Crippen molar-refractivity contribution in [2.24, 2.45) is 0 Å². The molecular formula is C13H20O2. The van der Waals surface area contributed by atoms with E-state index in [0.29, 0.717) is 0 Å². The Bertz CT molecular complexity index is 337. The summed E-state index contributed by atoms with van der Waals surface area (Å²) in [6.45, 7) is 9.51. The molecule has 0 bridgehead atoms. The Labute approximate surface area is 91.6 Å². The van der Waals surface area contributed by atoms with Crippen molar-refractivity contribution >= 4 is 0 Å². The summed E-state index contributed by atoms with van der Waals surface area (Å²) < 4.78 is 5.49. The van der Waals surface area contributed by atoms with Gasteiger partial charge in [-0.05, 0) is 45.6 Å². The first-order valence-corrected chi connectivity index (χ1v) is 5.43. The van der Waals surface area contributed by atoms with E-state index < -0.39 is 6.10 Å². The number of furan rings is 1. The minimum atomic E-state index is -0.401. The molecule has 0 aromatic carbocycles. The summed E-state index contributed by atoms with van der Waals surface area (Å²) in [4.78, 5) is 0. The molecule has 0 saturated carbocycles. The molecule has 1 N–H and O–H groups in total. The quantitative estimate of drug-likeness (QED) is 0.592. The van der Waals surface area contributed by atoms with Crippen LogP contribution in [-0.2, 0) is 0 Å². The van der Waals surface area contributed by atoms with Gasteiger partial charge in [0.25, 0.3) is 0 Å². The Morgan fingerprint density at radius 3 is 2.47 bits per heavy atom. The predicted molar refractivity (Wildman–Crippen MR) is 61.9 cm³/mol. The van der Waals surface area contributed by atoms with Crippen molar-refractivity contribution in [2.75, 3.05) is 0 Å². The third-order valence-electron chi connectivity index (χ3n) is 2.84. The molecule has 0 spiro atoms. The maximum absolute atomic E-state index is 10.0. The standard InChI is InChI=1S/C13H20O2/c1-5-6-7-8-12(14)13-9(2)10(3)15-11(13)4/h5,12,14H,1,6-8H2,2-4H3. The molecule has 0 saturated heterocycles. The van der Waals surface area contributed by atoms with Crippen molar-refractivity contribution in [1.82, 2.24) is 0 Å². The Balaban J connectivity index is 2.72. The van der Waals surface area contributed by atoms with Crippen LogP contribution < -0.4 is 0 Å². The Morgan fingerprint density at radius 2 is 2.00 bits per heavy atom. The molecule has 2 nitrogen and oxygen atoms in total. The zero-order valence-electron chi connectivity index (χ0n) is 9.84. The van der Waals surface area contributed by atoms with Crippen molar-refractivity contribution < 1.29 is 9.52 Å². The average molecular weight is 208 g/mol. The summed E-state index contributed by atoms with van der Waals surface area (Å²) >= 11 is 0.